The molecule has 1 fully saturated rings. The molecule has 1 aliphatic rings. The molecule has 1 aromatic heterocycles. The van der Waals surface area contributed by atoms with Gasteiger partial charge in [-0.15, -0.1) is 0 Å². The molecule has 2 heterocycles. The Kier molecular flexibility index (Phi) is 7.54. The van der Waals surface area contributed by atoms with E-state index >= 15 is 0 Å². The van der Waals surface area contributed by atoms with Crippen molar-refractivity contribution in [2.45, 2.75) is 24.5 Å². The standard InChI is InChI=1S/C9H16N3O13P3S/c10-5-1-2-12(9(29)11-5)8-7(14)6(13)4(23-8)3-22-27(18,19)25-28(20,21)24-26(15,16)17/h1-2,4,6-8,13-14H,3H2,(H,18,19)(H,20,21)(H2,10,11,29)(H2,15,16,17). The van der Waals surface area contributed by atoms with Gasteiger partial charge in [0.25, 0.3) is 0 Å². The maximum atomic E-state index is 11.7. The van der Waals surface area contributed by atoms with Gasteiger partial charge in [0.15, 0.2) is 6.23 Å². The highest BCUT2D eigenvalue weighted by atomic mass is 32.1. The summed E-state index contributed by atoms with van der Waals surface area (Å²) < 4.78 is 51.4. The number of nitrogens with two attached hydrogens (primary N) is 1. The summed E-state index contributed by atoms with van der Waals surface area (Å²) in [5.41, 5.74) is 5.46. The van der Waals surface area contributed by atoms with E-state index in [2.05, 4.69) is 18.1 Å². The topological polar surface area (TPSA) is 253 Å². The van der Waals surface area contributed by atoms with Crippen LogP contribution in [0.4, 0.5) is 5.82 Å². The SMILES string of the molecule is Nc1ccn(C2OC(COP(=O)(O)OP(=O)(O)OP(=O)(O)O)C(O)C2O)c(=S)n1. The normalized spacial score (nSPS) is 29.3. The molecule has 166 valence electrons. The quantitative estimate of drug-likeness (QED) is 0.170. The third kappa shape index (κ3) is 6.95. The molecule has 0 amide bonds. The summed E-state index contributed by atoms with van der Waals surface area (Å²) in [7, 11) is -16.6. The first-order valence-corrected chi connectivity index (χ1v) is 12.2. The van der Waals surface area contributed by atoms with Crippen molar-refractivity contribution >= 4 is 41.5 Å². The van der Waals surface area contributed by atoms with Gasteiger partial charge in [-0.05, 0) is 18.3 Å². The van der Waals surface area contributed by atoms with Crippen LogP contribution in [0.5, 0.6) is 0 Å². The second-order valence-corrected chi connectivity index (χ2v) is 10.3. The van der Waals surface area contributed by atoms with E-state index in [1.54, 1.807) is 0 Å². The smallest absolute Gasteiger partial charge is 0.387 e. The van der Waals surface area contributed by atoms with Crippen molar-refractivity contribution in [3.05, 3.63) is 17.0 Å². The van der Waals surface area contributed by atoms with E-state index in [9.17, 15) is 28.8 Å². The molecule has 8 N–H and O–H groups in total. The summed E-state index contributed by atoms with van der Waals surface area (Å²) >= 11 is 4.96. The van der Waals surface area contributed by atoms with E-state index < -0.39 is 54.6 Å². The third-order valence-corrected chi connectivity index (χ3v) is 7.39. The van der Waals surface area contributed by atoms with Gasteiger partial charge >= 0.3 is 23.5 Å². The number of phosphoric ester groups is 1. The predicted molar refractivity (Wildman–Crippen MR) is 93.2 cm³/mol. The molecule has 0 aliphatic carbocycles. The minimum atomic E-state index is -5.69. The molecule has 0 aromatic carbocycles. The Labute approximate surface area is 166 Å². The van der Waals surface area contributed by atoms with Gasteiger partial charge in [0.05, 0.1) is 6.61 Å². The van der Waals surface area contributed by atoms with E-state index in [1.807, 2.05) is 0 Å². The first-order valence-electron chi connectivity index (χ1n) is 7.25. The van der Waals surface area contributed by atoms with Crippen LogP contribution in [0.15, 0.2) is 12.3 Å². The Bertz CT molecular complexity index is 951. The fourth-order valence-electron chi connectivity index (χ4n) is 2.19. The average molecular weight is 499 g/mol. The van der Waals surface area contributed by atoms with Crippen molar-refractivity contribution < 1.29 is 61.4 Å². The van der Waals surface area contributed by atoms with Crippen LogP contribution >= 0.6 is 35.7 Å². The highest BCUT2D eigenvalue weighted by Crippen LogP contribution is 2.66. The van der Waals surface area contributed by atoms with Crippen molar-refractivity contribution in [3.63, 3.8) is 0 Å². The Morgan fingerprint density at radius 1 is 1.14 bits per heavy atom. The van der Waals surface area contributed by atoms with E-state index in [0.29, 0.717) is 0 Å². The molecule has 0 bridgehead atoms. The Morgan fingerprint density at radius 3 is 2.31 bits per heavy atom. The minimum Gasteiger partial charge on any atom is -0.387 e. The minimum absolute atomic E-state index is 0.0866. The molecule has 29 heavy (non-hydrogen) atoms. The predicted octanol–water partition coefficient (Wildman–Crippen LogP) is -0.843. The Hall–Kier alpha value is -0.610. The second-order valence-electron chi connectivity index (χ2n) is 5.48. The van der Waals surface area contributed by atoms with Crippen LogP contribution in [0, 0.1) is 4.77 Å². The fourth-order valence-corrected chi connectivity index (χ4v) is 5.49. The van der Waals surface area contributed by atoms with E-state index in [4.69, 9.17) is 37.4 Å². The van der Waals surface area contributed by atoms with Gasteiger partial charge in [-0.2, -0.15) is 8.62 Å². The molecule has 1 saturated heterocycles. The number of ether oxygens (including phenoxy) is 1. The number of aliphatic hydroxyl groups is 2. The number of phosphoric acid groups is 3. The number of nitrogens with zero attached hydrogens (tertiary/aromatic N) is 2. The summed E-state index contributed by atoms with van der Waals surface area (Å²) in [5.74, 6) is 0.0866. The highest BCUT2D eigenvalue weighted by Gasteiger charge is 2.46. The number of aromatic nitrogens is 2. The van der Waals surface area contributed by atoms with Gasteiger partial charge in [-0.3, -0.25) is 9.09 Å². The number of aliphatic hydroxyl groups excluding tert-OH is 2. The number of nitrogen functional groups attached to an aromatic ring is 1. The monoisotopic (exact) mass is 499 g/mol. The summed E-state index contributed by atoms with van der Waals surface area (Å²) in [4.78, 5) is 39.2. The number of hydrogen-bond donors (Lipinski definition) is 7. The molecule has 0 radical (unpaired) electrons. The number of rotatable bonds is 8. The molecular weight excluding hydrogens is 483 g/mol. The molecule has 0 spiro atoms. The molecule has 1 aromatic rings. The molecule has 16 nitrogen and oxygen atoms in total. The van der Waals surface area contributed by atoms with Gasteiger partial charge < -0.3 is 40.3 Å². The van der Waals surface area contributed by atoms with Crippen LogP contribution in [0.25, 0.3) is 0 Å². The fraction of sp³-hybridized carbons (Fsp3) is 0.556. The summed E-state index contributed by atoms with van der Waals surface area (Å²) in [5, 5.41) is 20.1. The Morgan fingerprint density at radius 2 is 1.76 bits per heavy atom. The van der Waals surface area contributed by atoms with E-state index in [-0.39, 0.29) is 10.6 Å². The van der Waals surface area contributed by atoms with Crippen molar-refractivity contribution in [1.29, 1.82) is 0 Å². The highest BCUT2D eigenvalue weighted by molar-refractivity contribution is 7.71. The lowest BCUT2D eigenvalue weighted by Gasteiger charge is -2.19. The van der Waals surface area contributed by atoms with Crippen LogP contribution in [0.2, 0.25) is 0 Å². The second kappa shape index (κ2) is 8.86. The van der Waals surface area contributed by atoms with Crippen LogP contribution < -0.4 is 5.73 Å². The molecule has 0 saturated carbocycles. The molecule has 1 aliphatic heterocycles. The third-order valence-electron chi connectivity index (χ3n) is 3.28. The molecular formula is C9H16N3O13P3S. The van der Waals surface area contributed by atoms with Gasteiger partial charge in [0, 0.05) is 6.20 Å². The molecule has 20 heteroatoms. The van der Waals surface area contributed by atoms with Gasteiger partial charge in [0.1, 0.15) is 24.1 Å². The summed E-state index contributed by atoms with van der Waals surface area (Å²) in [6.07, 6.45) is -4.65. The zero-order valence-corrected chi connectivity index (χ0v) is 17.4. The van der Waals surface area contributed by atoms with Crippen LogP contribution in [0.1, 0.15) is 6.23 Å². The van der Waals surface area contributed by atoms with Gasteiger partial charge in [-0.25, -0.2) is 18.7 Å². The number of anilines is 1. The lowest BCUT2D eigenvalue weighted by atomic mass is 10.1. The van der Waals surface area contributed by atoms with E-state index in [1.165, 1.54) is 12.3 Å². The molecule has 6 atom stereocenters. The lowest BCUT2D eigenvalue weighted by molar-refractivity contribution is -0.0532. The molecule has 6 unspecified atom stereocenters. The maximum absolute atomic E-state index is 11.7. The van der Waals surface area contributed by atoms with Crippen LogP contribution in [-0.4, -0.2) is 64.3 Å². The van der Waals surface area contributed by atoms with Crippen LogP contribution in [-0.2, 0) is 31.6 Å². The van der Waals surface area contributed by atoms with Gasteiger partial charge in [-0.1, -0.05) is 0 Å². The first-order chi connectivity index (χ1) is 13.1. The first kappa shape index (κ1) is 24.7. The largest absolute Gasteiger partial charge is 0.490 e. The lowest BCUT2D eigenvalue weighted by Crippen LogP contribution is -2.33. The van der Waals surface area contributed by atoms with Crippen molar-refractivity contribution in [1.82, 2.24) is 9.55 Å². The van der Waals surface area contributed by atoms with Crippen molar-refractivity contribution in [2.75, 3.05) is 12.3 Å². The average Bonchev–Trinajstić information content (AvgIpc) is 2.78. The van der Waals surface area contributed by atoms with Crippen molar-refractivity contribution in [3.8, 4) is 0 Å². The summed E-state index contributed by atoms with van der Waals surface area (Å²) in [6.45, 7) is -0.950. The Balaban J connectivity index is 2.05. The van der Waals surface area contributed by atoms with Crippen molar-refractivity contribution in [2.24, 2.45) is 0 Å². The van der Waals surface area contributed by atoms with E-state index in [0.717, 1.165) is 4.57 Å². The number of hydrogen-bond acceptors (Lipinski definition) is 12. The summed E-state index contributed by atoms with van der Waals surface area (Å²) in [6, 6.07) is 1.33. The zero-order valence-electron chi connectivity index (χ0n) is 13.9. The zero-order chi connectivity index (χ0) is 22.2. The van der Waals surface area contributed by atoms with Crippen LogP contribution in [0.3, 0.4) is 0 Å². The molecule has 2 rings (SSSR count). The van der Waals surface area contributed by atoms with Gasteiger partial charge in [0.2, 0.25) is 4.77 Å². The maximum Gasteiger partial charge on any atom is 0.490 e.